The largest absolute Gasteiger partial charge is 0.494 e. The van der Waals surface area contributed by atoms with Crippen LogP contribution in [-0.4, -0.2) is 35.5 Å². The summed E-state index contributed by atoms with van der Waals surface area (Å²) >= 11 is 0. The van der Waals surface area contributed by atoms with Crippen molar-refractivity contribution >= 4 is 28.1 Å². The quantitative estimate of drug-likeness (QED) is 0.259. The number of aromatic nitrogens is 2. The number of ether oxygens (including phenoxy) is 1. The molecule has 3 heterocycles. The highest BCUT2D eigenvalue weighted by Crippen LogP contribution is 2.40. The highest BCUT2D eigenvalue weighted by molar-refractivity contribution is 5.93. The number of aliphatic imine (C=N–C) groups is 1. The molecule has 0 radical (unpaired) electrons. The third kappa shape index (κ3) is 5.25. The normalized spacial score (nSPS) is 16.7. The van der Waals surface area contributed by atoms with Gasteiger partial charge in [-0.1, -0.05) is 19.9 Å². The Morgan fingerprint density at radius 2 is 1.86 bits per heavy atom. The van der Waals surface area contributed by atoms with Crippen LogP contribution >= 0.6 is 0 Å². The highest BCUT2D eigenvalue weighted by Gasteiger charge is 2.37. The van der Waals surface area contributed by atoms with Gasteiger partial charge in [0.25, 0.3) is 0 Å². The van der Waals surface area contributed by atoms with E-state index in [1.54, 1.807) is 0 Å². The summed E-state index contributed by atoms with van der Waals surface area (Å²) in [5, 5.41) is 1.22. The molecular formula is C31H43N5O. The van der Waals surface area contributed by atoms with E-state index in [0.29, 0.717) is 6.61 Å². The lowest BCUT2D eigenvalue weighted by Gasteiger charge is -2.42. The summed E-state index contributed by atoms with van der Waals surface area (Å²) in [6, 6.07) is 8.56. The lowest BCUT2D eigenvalue weighted by Crippen LogP contribution is -2.47. The number of amidine groups is 1. The molecule has 1 aliphatic heterocycles. The summed E-state index contributed by atoms with van der Waals surface area (Å²) < 4.78 is 5.71. The third-order valence-corrected chi connectivity index (χ3v) is 8.22. The van der Waals surface area contributed by atoms with Crippen molar-refractivity contribution < 1.29 is 4.74 Å². The summed E-state index contributed by atoms with van der Waals surface area (Å²) in [5.74, 6) is 1.70. The van der Waals surface area contributed by atoms with Crippen LogP contribution in [0.15, 0.2) is 41.2 Å². The average Bonchev–Trinajstić information content (AvgIpc) is 3.29. The van der Waals surface area contributed by atoms with E-state index >= 15 is 0 Å². The Morgan fingerprint density at radius 3 is 2.49 bits per heavy atom. The number of allylic oxidation sites excluding steroid dienone is 2. The fraction of sp³-hybridized carbons (Fsp3) is 0.484. The van der Waals surface area contributed by atoms with E-state index in [9.17, 15) is 0 Å². The zero-order valence-corrected chi connectivity index (χ0v) is 23.7. The van der Waals surface area contributed by atoms with E-state index in [0.717, 1.165) is 84.1 Å². The fourth-order valence-corrected chi connectivity index (χ4v) is 5.61. The number of fused-ring (bicyclic) bond motifs is 1. The van der Waals surface area contributed by atoms with Crippen LogP contribution in [0.5, 0.6) is 5.75 Å². The van der Waals surface area contributed by atoms with E-state index in [4.69, 9.17) is 15.5 Å². The summed E-state index contributed by atoms with van der Waals surface area (Å²) in [4.78, 5) is 15.6. The first-order valence-electron chi connectivity index (χ1n) is 13.7. The maximum atomic E-state index is 6.80. The number of H-pyrrole nitrogens is 1. The molecule has 4 rings (SSSR count). The Morgan fingerprint density at radius 1 is 1.14 bits per heavy atom. The van der Waals surface area contributed by atoms with Gasteiger partial charge in [0.05, 0.1) is 12.3 Å². The molecule has 0 spiro atoms. The molecule has 2 aromatic heterocycles. The number of nitrogens with zero attached hydrogens (tertiary/aromatic N) is 3. The van der Waals surface area contributed by atoms with Crippen molar-refractivity contribution in [2.75, 3.05) is 24.6 Å². The van der Waals surface area contributed by atoms with Crippen molar-refractivity contribution in [2.24, 2.45) is 16.1 Å². The Bertz CT molecular complexity index is 1320. The molecule has 1 saturated heterocycles. The standard InChI is InChI=1S/C31H43N5O/c1-8-24-19-33-29-26(18-21(5)34-29)28(24)36-15-13-31(9-2,14-16-36)30(32)35-23(7)22(6)25-11-12-27(37-10-3)20(4)17-25/h11-12,17-19H,8-10,13-16H2,1-7H3,(H2,32,35)(H,33,34)/b23-22+. The van der Waals surface area contributed by atoms with Crippen molar-refractivity contribution in [1.82, 2.24) is 9.97 Å². The van der Waals surface area contributed by atoms with Gasteiger partial charge in [0, 0.05) is 41.5 Å². The molecule has 0 unspecified atom stereocenters. The van der Waals surface area contributed by atoms with E-state index in [2.05, 4.69) is 74.6 Å². The second kappa shape index (κ2) is 11.0. The summed E-state index contributed by atoms with van der Waals surface area (Å²) in [5.41, 5.74) is 15.9. The number of benzene rings is 1. The summed E-state index contributed by atoms with van der Waals surface area (Å²) in [6.07, 6.45) is 5.97. The van der Waals surface area contributed by atoms with Crippen molar-refractivity contribution in [3.8, 4) is 5.75 Å². The first-order chi connectivity index (χ1) is 17.7. The summed E-state index contributed by atoms with van der Waals surface area (Å²) in [7, 11) is 0. The number of aromatic amines is 1. The van der Waals surface area contributed by atoms with E-state index < -0.39 is 0 Å². The Balaban J connectivity index is 1.58. The van der Waals surface area contributed by atoms with Crippen molar-refractivity contribution in [3.63, 3.8) is 0 Å². The van der Waals surface area contributed by atoms with Gasteiger partial charge in [-0.05, 0) is 101 Å². The zero-order valence-electron chi connectivity index (χ0n) is 23.7. The number of nitrogens with two attached hydrogens (primary N) is 1. The molecule has 37 heavy (non-hydrogen) atoms. The highest BCUT2D eigenvalue weighted by atomic mass is 16.5. The number of aryl methyl sites for hydroxylation is 3. The van der Waals surface area contributed by atoms with Gasteiger partial charge in [-0.15, -0.1) is 0 Å². The molecule has 3 aromatic rings. The SMILES string of the molecule is CCOc1ccc(/C(C)=C(\C)N=C(N)C2(CC)CCN(c3c(CC)cnc4[nH]c(C)cc34)CC2)cc1C. The van der Waals surface area contributed by atoms with E-state index in [1.165, 1.54) is 16.6 Å². The number of piperidine rings is 1. The zero-order chi connectivity index (χ0) is 26.7. The number of nitrogens with one attached hydrogen (secondary N) is 1. The second-order valence-electron chi connectivity index (χ2n) is 10.4. The van der Waals surface area contributed by atoms with Gasteiger partial charge in [0.15, 0.2) is 0 Å². The van der Waals surface area contributed by atoms with Gasteiger partial charge in [0.1, 0.15) is 17.2 Å². The van der Waals surface area contributed by atoms with Crippen LogP contribution in [0.2, 0.25) is 0 Å². The van der Waals surface area contributed by atoms with Gasteiger partial charge in [-0.25, -0.2) is 9.98 Å². The molecule has 1 aromatic carbocycles. The van der Waals surface area contributed by atoms with Crippen molar-refractivity contribution in [2.45, 2.75) is 74.1 Å². The molecule has 0 bridgehead atoms. The Kier molecular flexibility index (Phi) is 7.96. The number of hydrogen-bond donors (Lipinski definition) is 2. The average molecular weight is 502 g/mol. The fourth-order valence-electron chi connectivity index (χ4n) is 5.61. The lowest BCUT2D eigenvalue weighted by atomic mass is 9.75. The molecule has 6 heteroatoms. The molecule has 0 amide bonds. The first kappa shape index (κ1) is 26.8. The predicted octanol–water partition coefficient (Wildman–Crippen LogP) is 6.95. The molecule has 6 nitrogen and oxygen atoms in total. The van der Waals surface area contributed by atoms with Crippen LogP contribution in [0.4, 0.5) is 5.69 Å². The maximum absolute atomic E-state index is 6.80. The molecule has 0 atom stereocenters. The lowest BCUT2D eigenvalue weighted by molar-refractivity contribution is 0.309. The van der Waals surface area contributed by atoms with E-state index in [-0.39, 0.29) is 5.41 Å². The number of rotatable bonds is 8. The van der Waals surface area contributed by atoms with Gasteiger partial charge in [0.2, 0.25) is 0 Å². The van der Waals surface area contributed by atoms with Gasteiger partial charge >= 0.3 is 0 Å². The number of anilines is 1. The molecular weight excluding hydrogens is 458 g/mol. The van der Waals surface area contributed by atoms with Crippen LogP contribution in [0.25, 0.3) is 16.6 Å². The predicted molar refractivity (Wildman–Crippen MR) is 157 cm³/mol. The minimum atomic E-state index is -0.0840. The minimum Gasteiger partial charge on any atom is -0.494 e. The third-order valence-electron chi connectivity index (χ3n) is 8.22. The van der Waals surface area contributed by atoms with Crippen LogP contribution in [0.3, 0.4) is 0 Å². The molecule has 0 aliphatic carbocycles. The van der Waals surface area contributed by atoms with Crippen LogP contribution < -0.4 is 15.4 Å². The van der Waals surface area contributed by atoms with Crippen LogP contribution in [0.1, 0.15) is 76.3 Å². The van der Waals surface area contributed by atoms with Gasteiger partial charge in [-0.2, -0.15) is 0 Å². The van der Waals surface area contributed by atoms with Gasteiger partial charge in [-0.3, -0.25) is 0 Å². The molecule has 0 saturated carbocycles. The summed E-state index contributed by atoms with van der Waals surface area (Å²) in [6.45, 7) is 17.4. The van der Waals surface area contributed by atoms with Gasteiger partial charge < -0.3 is 20.4 Å². The topological polar surface area (TPSA) is 79.5 Å². The first-order valence-corrected chi connectivity index (χ1v) is 13.7. The Labute approximate surface area is 222 Å². The molecule has 1 fully saturated rings. The smallest absolute Gasteiger partial charge is 0.139 e. The van der Waals surface area contributed by atoms with E-state index in [1.807, 2.05) is 19.2 Å². The number of hydrogen-bond acceptors (Lipinski definition) is 4. The van der Waals surface area contributed by atoms with Crippen molar-refractivity contribution in [3.05, 3.63) is 58.5 Å². The maximum Gasteiger partial charge on any atom is 0.139 e. The monoisotopic (exact) mass is 501 g/mol. The van der Waals surface area contributed by atoms with Crippen molar-refractivity contribution in [1.29, 1.82) is 0 Å². The Hall–Kier alpha value is -3.28. The number of pyridine rings is 1. The molecule has 1 aliphatic rings. The molecule has 198 valence electrons. The second-order valence-corrected chi connectivity index (χ2v) is 10.4. The van der Waals surface area contributed by atoms with Crippen LogP contribution in [-0.2, 0) is 6.42 Å². The minimum absolute atomic E-state index is 0.0840. The molecule has 3 N–H and O–H groups in total. The van der Waals surface area contributed by atoms with Crippen LogP contribution in [0, 0.1) is 19.3 Å².